The second-order valence-corrected chi connectivity index (χ2v) is 9.28. The molecule has 1 amide bonds. The van der Waals surface area contributed by atoms with Gasteiger partial charge in [-0.2, -0.15) is 0 Å². The Morgan fingerprint density at radius 2 is 1.65 bits per heavy atom. The van der Waals surface area contributed by atoms with Crippen LogP contribution in [0.15, 0.2) is 96.4 Å². The summed E-state index contributed by atoms with van der Waals surface area (Å²) in [5.41, 5.74) is 3.75. The SMILES string of the molecule is Cc1ccccc1-n1c(S[C@@H](C)C(=O)Nc2ccc3ccccc3c2)nnc1-c1ccncc1. The minimum Gasteiger partial charge on any atom is -0.325 e. The molecule has 168 valence electrons. The molecule has 5 rings (SSSR count). The minimum absolute atomic E-state index is 0.0925. The molecule has 0 saturated heterocycles. The Kier molecular flexibility index (Phi) is 6.10. The summed E-state index contributed by atoms with van der Waals surface area (Å²) in [6.07, 6.45) is 3.47. The molecule has 2 heterocycles. The van der Waals surface area contributed by atoms with Crippen molar-refractivity contribution in [3.8, 4) is 17.1 Å². The topological polar surface area (TPSA) is 72.7 Å². The molecule has 3 aromatic carbocycles. The smallest absolute Gasteiger partial charge is 0.237 e. The Bertz CT molecular complexity index is 1460. The summed E-state index contributed by atoms with van der Waals surface area (Å²) < 4.78 is 2.01. The number of nitrogens with one attached hydrogen (secondary N) is 1. The van der Waals surface area contributed by atoms with E-state index >= 15 is 0 Å². The molecule has 0 spiro atoms. The Hall–Kier alpha value is -3.97. The Morgan fingerprint density at radius 3 is 2.44 bits per heavy atom. The van der Waals surface area contributed by atoms with Crippen molar-refractivity contribution in [3.63, 3.8) is 0 Å². The van der Waals surface area contributed by atoms with Crippen LogP contribution in [0.1, 0.15) is 12.5 Å². The number of para-hydroxylation sites is 1. The van der Waals surface area contributed by atoms with Crippen LogP contribution in [0.3, 0.4) is 0 Å². The molecule has 0 bridgehead atoms. The first kappa shape index (κ1) is 21.9. The van der Waals surface area contributed by atoms with Crippen LogP contribution in [-0.2, 0) is 4.79 Å². The highest BCUT2D eigenvalue weighted by molar-refractivity contribution is 8.00. The maximum Gasteiger partial charge on any atom is 0.237 e. The number of anilines is 1. The van der Waals surface area contributed by atoms with Gasteiger partial charge >= 0.3 is 0 Å². The highest BCUT2D eigenvalue weighted by atomic mass is 32.2. The molecule has 0 fully saturated rings. The lowest BCUT2D eigenvalue weighted by atomic mass is 10.1. The Morgan fingerprint density at radius 1 is 0.912 bits per heavy atom. The molecule has 34 heavy (non-hydrogen) atoms. The molecular formula is C27H23N5OS. The highest BCUT2D eigenvalue weighted by Crippen LogP contribution is 2.31. The summed E-state index contributed by atoms with van der Waals surface area (Å²) in [6.45, 7) is 3.93. The lowest BCUT2D eigenvalue weighted by Gasteiger charge is -2.15. The van der Waals surface area contributed by atoms with Crippen molar-refractivity contribution >= 4 is 34.1 Å². The van der Waals surface area contributed by atoms with Gasteiger partial charge in [0.1, 0.15) is 0 Å². The number of hydrogen-bond acceptors (Lipinski definition) is 5. The number of aryl methyl sites for hydroxylation is 1. The number of rotatable bonds is 6. The fourth-order valence-electron chi connectivity index (χ4n) is 3.79. The maximum atomic E-state index is 13.0. The number of carbonyl (C=O) groups is 1. The molecule has 6 nitrogen and oxygen atoms in total. The average molecular weight is 466 g/mol. The second kappa shape index (κ2) is 9.49. The number of thioether (sulfide) groups is 1. The summed E-state index contributed by atoms with van der Waals surface area (Å²) >= 11 is 1.38. The Balaban J connectivity index is 1.43. The first-order chi connectivity index (χ1) is 16.6. The first-order valence-corrected chi connectivity index (χ1v) is 11.9. The van der Waals surface area contributed by atoms with Crippen LogP contribution in [-0.4, -0.2) is 30.9 Å². The number of benzene rings is 3. The molecule has 0 aliphatic heterocycles. The summed E-state index contributed by atoms with van der Waals surface area (Å²) in [4.78, 5) is 17.2. The van der Waals surface area contributed by atoms with Crippen LogP contribution < -0.4 is 5.32 Å². The third-order valence-electron chi connectivity index (χ3n) is 5.60. The van der Waals surface area contributed by atoms with Gasteiger partial charge in [0.25, 0.3) is 0 Å². The average Bonchev–Trinajstić information content (AvgIpc) is 3.28. The lowest BCUT2D eigenvalue weighted by molar-refractivity contribution is -0.115. The van der Waals surface area contributed by atoms with E-state index in [1.807, 2.05) is 78.2 Å². The number of hydrogen-bond donors (Lipinski definition) is 1. The van der Waals surface area contributed by atoms with E-state index in [9.17, 15) is 4.79 Å². The van der Waals surface area contributed by atoms with E-state index in [-0.39, 0.29) is 11.2 Å². The van der Waals surface area contributed by atoms with Crippen LogP contribution >= 0.6 is 11.8 Å². The third kappa shape index (κ3) is 4.43. The van der Waals surface area contributed by atoms with Gasteiger partial charge in [-0.3, -0.25) is 14.3 Å². The quantitative estimate of drug-likeness (QED) is 0.316. The molecule has 0 aliphatic rings. The van der Waals surface area contributed by atoms with Crippen LogP contribution in [0.4, 0.5) is 5.69 Å². The molecule has 7 heteroatoms. The zero-order valence-corrected chi connectivity index (χ0v) is 19.7. The monoisotopic (exact) mass is 465 g/mol. The number of amides is 1. The van der Waals surface area contributed by atoms with E-state index in [0.29, 0.717) is 11.0 Å². The van der Waals surface area contributed by atoms with Crippen molar-refractivity contribution in [2.24, 2.45) is 0 Å². The van der Waals surface area contributed by atoms with Crippen molar-refractivity contribution in [2.75, 3.05) is 5.32 Å². The highest BCUT2D eigenvalue weighted by Gasteiger charge is 2.22. The molecule has 0 radical (unpaired) electrons. The van der Waals surface area contributed by atoms with E-state index < -0.39 is 0 Å². The number of carbonyl (C=O) groups excluding carboxylic acids is 1. The molecule has 0 saturated carbocycles. The summed E-state index contributed by atoms with van der Waals surface area (Å²) in [6, 6.07) is 25.9. The van der Waals surface area contributed by atoms with E-state index in [1.165, 1.54) is 11.8 Å². The molecule has 5 aromatic rings. The fourth-order valence-corrected chi connectivity index (χ4v) is 4.65. The molecular weight excluding hydrogens is 442 g/mol. The number of fused-ring (bicyclic) bond motifs is 1. The van der Waals surface area contributed by atoms with Crippen molar-refractivity contribution < 1.29 is 4.79 Å². The van der Waals surface area contributed by atoms with Gasteiger partial charge in [-0.05, 0) is 60.5 Å². The van der Waals surface area contributed by atoms with Gasteiger partial charge in [-0.1, -0.05) is 60.3 Å². The van der Waals surface area contributed by atoms with Gasteiger partial charge in [-0.25, -0.2) is 0 Å². The number of aromatic nitrogens is 4. The molecule has 2 aromatic heterocycles. The van der Waals surface area contributed by atoms with E-state index in [0.717, 1.165) is 33.3 Å². The predicted molar refractivity (Wildman–Crippen MR) is 137 cm³/mol. The molecule has 0 unspecified atom stereocenters. The molecule has 0 aliphatic carbocycles. The first-order valence-electron chi connectivity index (χ1n) is 11.0. The molecule has 1 atom stereocenters. The normalized spacial score (nSPS) is 11.9. The van der Waals surface area contributed by atoms with Gasteiger partial charge in [0, 0.05) is 23.6 Å². The van der Waals surface area contributed by atoms with E-state index in [4.69, 9.17) is 0 Å². The zero-order chi connectivity index (χ0) is 23.5. The van der Waals surface area contributed by atoms with E-state index in [1.54, 1.807) is 12.4 Å². The van der Waals surface area contributed by atoms with E-state index in [2.05, 4.69) is 39.6 Å². The minimum atomic E-state index is -0.385. The van der Waals surface area contributed by atoms with Gasteiger partial charge in [0.15, 0.2) is 11.0 Å². The zero-order valence-electron chi connectivity index (χ0n) is 18.8. The summed E-state index contributed by atoms with van der Waals surface area (Å²) in [5, 5.41) is 14.5. The van der Waals surface area contributed by atoms with Crippen molar-refractivity contribution in [1.82, 2.24) is 19.7 Å². The van der Waals surface area contributed by atoms with Crippen molar-refractivity contribution in [1.29, 1.82) is 0 Å². The number of nitrogens with zero attached hydrogens (tertiary/aromatic N) is 4. The largest absolute Gasteiger partial charge is 0.325 e. The van der Waals surface area contributed by atoms with Gasteiger partial charge in [0.05, 0.1) is 10.9 Å². The van der Waals surface area contributed by atoms with Crippen LogP contribution in [0.5, 0.6) is 0 Å². The maximum absolute atomic E-state index is 13.0. The summed E-state index contributed by atoms with van der Waals surface area (Å²) in [5.74, 6) is 0.617. The third-order valence-corrected chi connectivity index (χ3v) is 6.64. The van der Waals surface area contributed by atoms with Crippen LogP contribution in [0.25, 0.3) is 27.8 Å². The van der Waals surface area contributed by atoms with Crippen molar-refractivity contribution in [2.45, 2.75) is 24.3 Å². The van der Waals surface area contributed by atoms with Gasteiger partial charge in [-0.15, -0.1) is 10.2 Å². The second-order valence-electron chi connectivity index (χ2n) is 7.98. The standard InChI is InChI=1S/C27H23N5OS/c1-18-7-3-6-10-24(18)32-25(21-13-15-28-16-14-21)30-31-27(32)34-19(2)26(33)29-23-12-11-20-8-4-5-9-22(20)17-23/h3-17,19H,1-2H3,(H,29,33)/t19-/m0/s1. The predicted octanol–water partition coefficient (Wildman–Crippen LogP) is 5.91. The number of pyridine rings is 1. The Labute approximate surface area is 202 Å². The van der Waals surface area contributed by atoms with Gasteiger partial charge in [0.2, 0.25) is 5.91 Å². The van der Waals surface area contributed by atoms with Gasteiger partial charge < -0.3 is 5.32 Å². The molecule has 1 N–H and O–H groups in total. The lowest BCUT2D eigenvalue weighted by Crippen LogP contribution is -2.23. The fraction of sp³-hybridized carbons (Fsp3) is 0.111. The van der Waals surface area contributed by atoms with Crippen LogP contribution in [0.2, 0.25) is 0 Å². The van der Waals surface area contributed by atoms with Crippen molar-refractivity contribution in [3.05, 3.63) is 96.8 Å². The summed E-state index contributed by atoms with van der Waals surface area (Å²) in [7, 11) is 0. The van der Waals surface area contributed by atoms with Crippen LogP contribution in [0, 0.1) is 6.92 Å².